The molecular formula is C14H19N5OS. The zero-order chi connectivity index (χ0) is 14.7. The number of nitrogens with one attached hydrogen (secondary N) is 2. The highest BCUT2D eigenvalue weighted by atomic mass is 32.1. The molecular weight excluding hydrogens is 286 g/mol. The molecule has 0 saturated carbocycles. The molecule has 6 nitrogen and oxygen atoms in total. The Morgan fingerprint density at radius 2 is 2.52 bits per heavy atom. The monoisotopic (exact) mass is 305 g/mol. The molecule has 1 fully saturated rings. The molecule has 0 unspecified atom stereocenters. The number of H-pyrrole nitrogens is 1. The van der Waals surface area contributed by atoms with Gasteiger partial charge in [-0.1, -0.05) is 6.07 Å². The predicted octanol–water partition coefficient (Wildman–Crippen LogP) is 1.45. The number of hydrogen-bond donors (Lipinski definition) is 3. The number of nitrogens with zero attached hydrogens (tertiary/aromatic N) is 2. The lowest BCUT2D eigenvalue weighted by molar-refractivity contribution is 0.0896. The van der Waals surface area contributed by atoms with Crippen LogP contribution >= 0.6 is 11.3 Å². The van der Waals surface area contributed by atoms with Crippen molar-refractivity contribution in [2.24, 2.45) is 0 Å². The van der Waals surface area contributed by atoms with Gasteiger partial charge in [-0.25, -0.2) is 0 Å². The van der Waals surface area contributed by atoms with E-state index in [1.54, 1.807) is 17.4 Å². The number of carbonyl (C=O) groups is 1. The number of hydrogen-bond acceptors (Lipinski definition) is 5. The third-order valence-corrected chi connectivity index (χ3v) is 4.50. The summed E-state index contributed by atoms with van der Waals surface area (Å²) in [5, 5.41) is 11.6. The van der Waals surface area contributed by atoms with Gasteiger partial charge in [0.2, 0.25) is 0 Å². The number of aromatic nitrogens is 2. The van der Waals surface area contributed by atoms with Crippen molar-refractivity contribution in [1.82, 2.24) is 20.4 Å². The Balaban J connectivity index is 1.55. The summed E-state index contributed by atoms with van der Waals surface area (Å²) in [5.74, 6) is 0.199. The molecule has 2 aromatic heterocycles. The number of anilines is 1. The zero-order valence-electron chi connectivity index (χ0n) is 11.7. The Morgan fingerprint density at radius 1 is 1.62 bits per heavy atom. The molecule has 0 aromatic carbocycles. The van der Waals surface area contributed by atoms with E-state index in [1.807, 2.05) is 0 Å². The van der Waals surface area contributed by atoms with Gasteiger partial charge in [-0.15, -0.1) is 11.3 Å². The molecule has 3 rings (SSSR count). The van der Waals surface area contributed by atoms with Crippen LogP contribution in [0.1, 0.15) is 28.2 Å². The molecule has 2 aromatic rings. The largest absolute Gasteiger partial charge is 0.382 e. The van der Waals surface area contributed by atoms with Gasteiger partial charge >= 0.3 is 0 Å². The maximum Gasteiger partial charge on any atom is 0.269 e. The van der Waals surface area contributed by atoms with Crippen molar-refractivity contribution >= 4 is 23.1 Å². The average Bonchev–Trinajstić information content (AvgIpc) is 3.11. The molecule has 1 atom stereocenters. The lowest BCUT2D eigenvalue weighted by Gasteiger charge is -2.32. The van der Waals surface area contributed by atoms with E-state index in [0.29, 0.717) is 11.5 Å². The van der Waals surface area contributed by atoms with Crippen molar-refractivity contribution in [3.63, 3.8) is 0 Å². The van der Waals surface area contributed by atoms with Gasteiger partial charge in [0, 0.05) is 30.1 Å². The number of thiophene rings is 1. The van der Waals surface area contributed by atoms with Gasteiger partial charge in [-0.05, 0) is 30.8 Å². The van der Waals surface area contributed by atoms with Crippen molar-refractivity contribution in [2.45, 2.75) is 25.4 Å². The molecule has 7 heteroatoms. The summed E-state index contributed by atoms with van der Waals surface area (Å²) < 4.78 is 0. The van der Waals surface area contributed by atoms with Crippen LogP contribution in [0.5, 0.6) is 0 Å². The Hall–Kier alpha value is -1.86. The van der Waals surface area contributed by atoms with Crippen LogP contribution in [0.15, 0.2) is 23.6 Å². The molecule has 0 bridgehead atoms. The summed E-state index contributed by atoms with van der Waals surface area (Å²) in [6.45, 7) is 2.93. The van der Waals surface area contributed by atoms with E-state index < -0.39 is 0 Å². The van der Waals surface area contributed by atoms with Crippen LogP contribution in [0, 0.1) is 0 Å². The first-order valence-corrected chi connectivity index (χ1v) is 7.95. The molecule has 0 aliphatic carbocycles. The predicted molar refractivity (Wildman–Crippen MR) is 83.1 cm³/mol. The van der Waals surface area contributed by atoms with Gasteiger partial charge in [-0.3, -0.25) is 14.8 Å². The standard InChI is InChI=1S/C14H19N5OS/c15-13-7-12(17-18-13)14(20)16-10-3-1-5-19(8-10)9-11-4-2-6-21-11/h2,4,6-7,10H,1,3,5,8-9H2,(H,16,20)(H3,15,17,18)/t10-/m0/s1. The van der Waals surface area contributed by atoms with Gasteiger partial charge < -0.3 is 11.1 Å². The first-order chi connectivity index (χ1) is 10.2. The number of aromatic amines is 1. The van der Waals surface area contributed by atoms with E-state index >= 15 is 0 Å². The zero-order valence-corrected chi connectivity index (χ0v) is 12.5. The molecule has 1 aliphatic heterocycles. The van der Waals surface area contributed by atoms with Crippen LogP contribution in [-0.4, -0.2) is 40.1 Å². The second kappa shape index (κ2) is 6.28. The fourth-order valence-corrected chi connectivity index (χ4v) is 3.40. The normalized spacial score (nSPS) is 19.5. The molecule has 1 saturated heterocycles. The third kappa shape index (κ3) is 3.62. The van der Waals surface area contributed by atoms with Gasteiger partial charge in [0.05, 0.1) is 0 Å². The maximum atomic E-state index is 12.1. The number of nitrogens with two attached hydrogens (primary N) is 1. The lowest BCUT2D eigenvalue weighted by Crippen LogP contribution is -2.47. The Morgan fingerprint density at radius 3 is 3.24 bits per heavy atom. The number of piperidine rings is 1. The van der Waals surface area contributed by atoms with Gasteiger partial charge in [0.1, 0.15) is 11.5 Å². The molecule has 0 spiro atoms. The minimum Gasteiger partial charge on any atom is -0.382 e. The van der Waals surface area contributed by atoms with Crippen molar-refractivity contribution in [3.05, 3.63) is 34.2 Å². The molecule has 112 valence electrons. The molecule has 3 heterocycles. The molecule has 1 aliphatic rings. The van der Waals surface area contributed by atoms with Crippen molar-refractivity contribution in [3.8, 4) is 0 Å². The summed E-state index contributed by atoms with van der Waals surface area (Å²) in [7, 11) is 0. The SMILES string of the molecule is Nc1cc(C(=O)N[C@H]2CCCN(Cc3cccs3)C2)[nH]n1. The highest BCUT2D eigenvalue weighted by molar-refractivity contribution is 7.09. The second-order valence-electron chi connectivity index (χ2n) is 5.33. The first kappa shape index (κ1) is 14.1. The van der Waals surface area contributed by atoms with E-state index in [1.165, 1.54) is 4.88 Å². The first-order valence-electron chi connectivity index (χ1n) is 7.07. The summed E-state index contributed by atoms with van der Waals surface area (Å²) in [4.78, 5) is 15.9. The lowest BCUT2D eigenvalue weighted by atomic mass is 10.1. The second-order valence-corrected chi connectivity index (χ2v) is 6.37. The third-order valence-electron chi connectivity index (χ3n) is 3.64. The van der Waals surface area contributed by atoms with Crippen molar-refractivity contribution in [2.75, 3.05) is 18.8 Å². The number of amides is 1. The quantitative estimate of drug-likeness (QED) is 0.798. The Labute approximate surface area is 127 Å². The molecule has 21 heavy (non-hydrogen) atoms. The van der Waals surface area contributed by atoms with E-state index in [-0.39, 0.29) is 11.9 Å². The Bertz CT molecular complexity index is 594. The molecule has 4 N–H and O–H groups in total. The highest BCUT2D eigenvalue weighted by Crippen LogP contribution is 2.17. The number of nitrogen functional groups attached to an aromatic ring is 1. The van der Waals surface area contributed by atoms with E-state index in [0.717, 1.165) is 32.5 Å². The van der Waals surface area contributed by atoms with E-state index in [2.05, 4.69) is 37.9 Å². The average molecular weight is 305 g/mol. The van der Waals surface area contributed by atoms with Gasteiger partial charge in [0.25, 0.3) is 5.91 Å². The number of likely N-dealkylation sites (tertiary alicyclic amines) is 1. The fraction of sp³-hybridized carbons (Fsp3) is 0.429. The molecule has 0 radical (unpaired) electrons. The van der Waals surface area contributed by atoms with Crippen molar-refractivity contribution < 1.29 is 4.79 Å². The van der Waals surface area contributed by atoms with Gasteiger partial charge in [0.15, 0.2) is 0 Å². The topological polar surface area (TPSA) is 87.0 Å². The van der Waals surface area contributed by atoms with Gasteiger partial charge in [-0.2, -0.15) is 5.10 Å². The highest BCUT2D eigenvalue weighted by Gasteiger charge is 2.22. The summed E-state index contributed by atoms with van der Waals surface area (Å²) in [5.41, 5.74) is 5.94. The van der Waals surface area contributed by atoms with E-state index in [4.69, 9.17) is 5.73 Å². The van der Waals surface area contributed by atoms with Crippen LogP contribution in [-0.2, 0) is 6.54 Å². The summed E-state index contributed by atoms with van der Waals surface area (Å²) >= 11 is 1.78. The van der Waals surface area contributed by atoms with Crippen LogP contribution in [0.4, 0.5) is 5.82 Å². The molecule has 1 amide bonds. The smallest absolute Gasteiger partial charge is 0.269 e. The minimum absolute atomic E-state index is 0.137. The maximum absolute atomic E-state index is 12.1. The van der Waals surface area contributed by atoms with Crippen molar-refractivity contribution in [1.29, 1.82) is 0 Å². The fourth-order valence-electron chi connectivity index (χ4n) is 2.66. The van der Waals surface area contributed by atoms with Crippen LogP contribution in [0.2, 0.25) is 0 Å². The van der Waals surface area contributed by atoms with Crippen LogP contribution < -0.4 is 11.1 Å². The number of carbonyl (C=O) groups excluding carboxylic acids is 1. The van der Waals surface area contributed by atoms with E-state index in [9.17, 15) is 4.79 Å². The van der Waals surface area contributed by atoms with Crippen LogP contribution in [0.3, 0.4) is 0 Å². The number of rotatable bonds is 4. The Kier molecular flexibility index (Phi) is 4.21. The van der Waals surface area contributed by atoms with Crippen LogP contribution in [0.25, 0.3) is 0 Å². The summed E-state index contributed by atoms with van der Waals surface area (Å²) in [6.07, 6.45) is 2.11. The minimum atomic E-state index is -0.137. The summed E-state index contributed by atoms with van der Waals surface area (Å²) in [6, 6.07) is 5.96.